The predicted octanol–water partition coefficient (Wildman–Crippen LogP) is -0.211. The first-order chi connectivity index (χ1) is 7.65. The molecule has 0 radical (unpaired) electrons. The van der Waals surface area contributed by atoms with Crippen LogP contribution in [0.2, 0.25) is 0 Å². The molecule has 0 saturated carbocycles. The Bertz CT molecular complexity index is 369. The van der Waals surface area contributed by atoms with Gasteiger partial charge in [-0.05, 0) is 7.05 Å². The lowest BCUT2D eigenvalue weighted by atomic mass is 10.3. The Hall–Kier alpha value is -1.56. The number of likely N-dealkylation sites (N-methyl/N-ethyl adjacent to an activating group) is 1. The minimum Gasteiger partial charge on any atom is -0.481 e. The van der Waals surface area contributed by atoms with Crippen LogP contribution >= 0.6 is 0 Å². The topological polar surface area (TPSA) is 72.5 Å². The first-order valence-electron chi connectivity index (χ1n) is 5.35. The number of H-pyrrole nitrogens is 1. The van der Waals surface area contributed by atoms with E-state index in [0.29, 0.717) is 5.69 Å². The number of nitrogens with one attached hydrogen (secondary N) is 1. The van der Waals surface area contributed by atoms with Crippen LogP contribution in [0.25, 0.3) is 0 Å². The molecule has 6 heteroatoms. The molecule has 1 fully saturated rings. The fraction of sp³-hybridized carbons (Fsp3) is 0.600. The summed E-state index contributed by atoms with van der Waals surface area (Å²) in [6, 6.07) is 1.82. The van der Waals surface area contributed by atoms with Crippen LogP contribution in [0.4, 0.5) is 5.82 Å². The number of hydrogen-bond acceptors (Lipinski definition) is 4. The van der Waals surface area contributed by atoms with Gasteiger partial charge in [0.1, 0.15) is 0 Å². The summed E-state index contributed by atoms with van der Waals surface area (Å²) < 4.78 is 0. The molecule has 88 valence electrons. The van der Waals surface area contributed by atoms with Gasteiger partial charge in [-0.25, -0.2) is 0 Å². The first kappa shape index (κ1) is 10.9. The summed E-state index contributed by atoms with van der Waals surface area (Å²) in [6.45, 7) is 3.91. The largest absolute Gasteiger partial charge is 0.481 e. The van der Waals surface area contributed by atoms with Gasteiger partial charge in [-0.15, -0.1) is 0 Å². The van der Waals surface area contributed by atoms with E-state index in [0.717, 1.165) is 32.0 Å². The summed E-state index contributed by atoms with van der Waals surface area (Å²) in [5, 5.41) is 15.5. The summed E-state index contributed by atoms with van der Waals surface area (Å²) in [5.41, 5.74) is 0.654. The lowest BCUT2D eigenvalue weighted by molar-refractivity contribution is -0.136. The summed E-state index contributed by atoms with van der Waals surface area (Å²) in [5.74, 6) is 0.0120. The van der Waals surface area contributed by atoms with Crippen LogP contribution in [0, 0.1) is 0 Å². The van der Waals surface area contributed by atoms with Gasteiger partial charge in [-0.3, -0.25) is 9.89 Å². The quantitative estimate of drug-likeness (QED) is 0.743. The predicted molar refractivity (Wildman–Crippen MR) is 59.6 cm³/mol. The molecule has 1 saturated heterocycles. The third-order valence-electron chi connectivity index (χ3n) is 2.79. The van der Waals surface area contributed by atoms with E-state index in [-0.39, 0.29) is 6.42 Å². The second kappa shape index (κ2) is 4.52. The number of aromatic amines is 1. The number of carbonyl (C=O) groups is 1. The number of aromatic nitrogens is 2. The van der Waals surface area contributed by atoms with Crippen LogP contribution in [0.15, 0.2) is 6.07 Å². The highest BCUT2D eigenvalue weighted by Gasteiger charge is 2.16. The van der Waals surface area contributed by atoms with Crippen molar-refractivity contribution in [1.82, 2.24) is 15.1 Å². The van der Waals surface area contributed by atoms with Crippen molar-refractivity contribution >= 4 is 11.8 Å². The van der Waals surface area contributed by atoms with Crippen molar-refractivity contribution in [3.05, 3.63) is 11.8 Å². The van der Waals surface area contributed by atoms with Gasteiger partial charge in [0.05, 0.1) is 6.42 Å². The minimum absolute atomic E-state index is 0.000737. The van der Waals surface area contributed by atoms with E-state index in [1.807, 2.05) is 6.07 Å². The number of carboxylic acid groups (broad SMARTS) is 1. The second-order valence-corrected chi connectivity index (χ2v) is 4.11. The molecule has 1 aliphatic heterocycles. The SMILES string of the molecule is CN1CCN(c2cc(CC(=O)O)[nH]n2)CC1. The van der Waals surface area contributed by atoms with Crippen LogP contribution < -0.4 is 4.90 Å². The number of piperazine rings is 1. The van der Waals surface area contributed by atoms with Crippen molar-refractivity contribution in [2.75, 3.05) is 38.1 Å². The molecule has 0 spiro atoms. The molecule has 1 aromatic heterocycles. The van der Waals surface area contributed by atoms with E-state index in [1.165, 1.54) is 0 Å². The zero-order valence-electron chi connectivity index (χ0n) is 9.31. The van der Waals surface area contributed by atoms with E-state index in [1.54, 1.807) is 0 Å². The van der Waals surface area contributed by atoms with Crippen molar-refractivity contribution in [1.29, 1.82) is 0 Å². The highest BCUT2D eigenvalue weighted by atomic mass is 16.4. The molecular formula is C10H16N4O2. The fourth-order valence-corrected chi connectivity index (χ4v) is 1.80. The van der Waals surface area contributed by atoms with Gasteiger partial charge in [-0.1, -0.05) is 0 Å². The molecule has 0 atom stereocenters. The molecule has 0 aliphatic carbocycles. The Morgan fingerprint density at radius 3 is 2.81 bits per heavy atom. The minimum atomic E-state index is -0.839. The number of aliphatic carboxylic acids is 1. The number of anilines is 1. The van der Waals surface area contributed by atoms with Crippen molar-refractivity contribution in [3.8, 4) is 0 Å². The third kappa shape index (κ3) is 2.52. The molecule has 0 amide bonds. The molecule has 2 rings (SSSR count). The Kier molecular flexibility index (Phi) is 3.09. The lowest BCUT2D eigenvalue weighted by Gasteiger charge is -2.32. The van der Waals surface area contributed by atoms with Crippen LogP contribution in [0.5, 0.6) is 0 Å². The van der Waals surface area contributed by atoms with Crippen molar-refractivity contribution in [2.45, 2.75) is 6.42 Å². The van der Waals surface area contributed by atoms with Crippen LogP contribution in [-0.2, 0) is 11.2 Å². The highest BCUT2D eigenvalue weighted by Crippen LogP contribution is 2.14. The molecule has 1 aliphatic rings. The zero-order chi connectivity index (χ0) is 11.5. The average Bonchev–Trinajstić information content (AvgIpc) is 2.66. The van der Waals surface area contributed by atoms with E-state index < -0.39 is 5.97 Å². The molecule has 6 nitrogen and oxygen atoms in total. The lowest BCUT2D eigenvalue weighted by Crippen LogP contribution is -2.44. The molecule has 16 heavy (non-hydrogen) atoms. The van der Waals surface area contributed by atoms with Crippen LogP contribution in [-0.4, -0.2) is 59.4 Å². The van der Waals surface area contributed by atoms with Gasteiger partial charge in [0.2, 0.25) is 0 Å². The maximum Gasteiger partial charge on any atom is 0.309 e. The standard InChI is InChI=1S/C10H16N4O2/c1-13-2-4-14(5-3-13)9-6-8(11-12-9)7-10(15)16/h6H,2-5,7H2,1H3,(H,11,12)(H,15,16). The van der Waals surface area contributed by atoms with Gasteiger partial charge < -0.3 is 14.9 Å². The summed E-state index contributed by atoms with van der Waals surface area (Å²) in [4.78, 5) is 15.0. The number of rotatable bonds is 3. The number of carboxylic acids is 1. The summed E-state index contributed by atoms with van der Waals surface area (Å²) in [6.07, 6.45) is 0.000737. The van der Waals surface area contributed by atoms with Gasteiger partial charge in [0, 0.05) is 37.9 Å². The molecule has 2 N–H and O–H groups in total. The molecule has 0 bridgehead atoms. The summed E-state index contributed by atoms with van der Waals surface area (Å²) >= 11 is 0. The first-order valence-corrected chi connectivity index (χ1v) is 5.35. The van der Waals surface area contributed by atoms with Crippen molar-refractivity contribution in [2.24, 2.45) is 0 Å². The number of nitrogens with zero attached hydrogens (tertiary/aromatic N) is 3. The van der Waals surface area contributed by atoms with Crippen LogP contribution in [0.1, 0.15) is 5.69 Å². The monoisotopic (exact) mass is 224 g/mol. The maximum absolute atomic E-state index is 10.5. The molecule has 2 heterocycles. The second-order valence-electron chi connectivity index (χ2n) is 4.11. The van der Waals surface area contributed by atoms with Gasteiger partial charge in [0.15, 0.2) is 5.82 Å². The zero-order valence-corrected chi connectivity index (χ0v) is 9.31. The summed E-state index contributed by atoms with van der Waals surface area (Å²) in [7, 11) is 2.09. The Labute approximate surface area is 93.9 Å². The molecule has 0 unspecified atom stereocenters. The Morgan fingerprint density at radius 2 is 2.19 bits per heavy atom. The molecular weight excluding hydrogens is 208 g/mol. The van der Waals surface area contributed by atoms with Gasteiger partial charge in [0.25, 0.3) is 0 Å². The Balaban J connectivity index is 1.99. The van der Waals surface area contributed by atoms with E-state index in [4.69, 9.17) is 5.11 Å². The van der Waals surface area contributed by atoms with Gasteiger partial charge >= 0.3 is 5.97 Å². The van der Waals surface area contributed by atoms with Crippen molar-refractivity contribution in [3.63, 3.8) is 0 Å². The Morgan fingerprint density at radius 1 is 1.50 bits per heavy atom. The molecule has 1 aromatic rings. The third-order valence-corrected chi connectivity index (χ3v) is 2.79. The van der Waals surface area contributed by atoms with E-state index in [9.17, 15) is 4.79 Å². The maximum atomic E-state index is 10.5. The average molecular weight is 224 g/mol. The van der Waals surface area contributed by atoms with Gasteiger partial charge in [-0.2, -0.15) is 5.10 Å². The highest BCUT2D eigenvalue weighted by molar-refractivity contribution is 5.69. The smallest absolute Gasteiger partial charge is 0.309 e. The van der Waals surface area contributed by atoms with Crippen LogP contribution in [0.3, 0.4) is 0 Å². The van der Waals surface area contributed by atoms with E-state index in [2.05, 4.69) is 27.0 Å². The van der Waals surface area contributed by atoms with E-state index >= 15 is 0 Å². The normalized spacial score (nSPS) is 17.7. The molecule has 0 aromatic carbocycles. The van der Waals surface area contributed by atoms with Crippen molar-refractivity contribution < 1.29 is 9.90 Å². The number of hydrogen-bond donors (Lipinski definition) is 2. The fourth-order valence-electron chi connectivity index (χ4n) is 1.80.